The Bertz CT molecular complexity index is 1020. The number of ketones is 1. The molecule has 0 N–H and O–H groups in total. The first-order valence-electron chi connectivity index (χ1n) is 9.86. The van der Waals surface area contributed by atoms with Crippen molar-refractivity contribution in [2.45, 2.75) is 20.3 Å². The van der Waals surface area contributed by atoms with Crippen LogP contribution in [0.2, 0.25) is 0 Å². The Kier molecular flexibility index (Phi) is 7.92. The van der Waals surface area contributed by atoms with Crippen LogP contribution >= 0.6 is 27.7 Å². The Morgan fingerprint density at radius 3 is 2.48 bits per heavy atom. The zero-order valence-corrected chi connectivity index (χ0v) is 19.6. The van der Waals surface area contributed by atoms with Crippen LogP contribution in [0.4, 0.5) is 4.79 Å². The third-order valence-corrected chi connectivity index (χ3v) is 5.80. The van der Waals surface area contributed by atoms with Gasteiger partial charge in [0.05, 0.1) is 24.7 Å². The molecule has 0 saturated carbocycles. The van der Waals surface area contributed by atoms with Gasteiger partial charge in [0.25, 0.3) is 11.1 Å². The van der Waals surface area contributed by atoms with E-state index in [-0.39, 0.29) is 17.2 Å². The molecule has 8 heteroatoms. The number of thioether (sulfide) groups is 1. The van der Waals surface area contributed by atoms with Gasteiger partial charge in [0.15, 0.2) is 17.3 Å². The molecular formula is C23H22BrNO5S. The van der Waals surface area contributed by atoms with Crippen molar-refractivity contribution in [3.8, 4) is 11.5 Å². The summed E-state index contributed by atoms with van der Waals surface area (Å²) in [5.41, 5.74) is 1.15. The summed E-state index contributed by atoms with van der Waals surface area (Å²) in [4.78, 5) is 38.9. The van der Waals surface area contributed by atoms with E-state index in [2.05, 4.69) is 15.9 Å². The summed E-state index contributed by atoms with van der Waals surface area (Å²) >= 11 is 4.14. The van der Waals surface area contributed by atoms with Crippen molar-refractivity contribution in [1.29, 1.82) is 0 Å². The maximum Gasteiger partial charge on any atom is 0.293 e. The van der Waals surface area contributed by atoms with Crippen LogP contribution in [-0.4, -0.2) is 41.6 Å². The van der Waals surface area contributed by atoms with E-state index in [0.717, 1.165) is 27.6 Å². The highest BCUT2D eigenvalue weighted by Crippen LogP contribution is 2.35. The zero-order chi connectivity index (χ0) is 22.4. The molecular weight excluding hydrogens is 482 g/mol. The lowest BCUT2D eigenvalue weighted by molar-refractivity contribution is -0.122. The van der Waals surface area contributed by atoms with E-state index in [1.54, 1.807) is 48.5 Å². The first-order valence-corrected chi connectivity index (χ1v) is 11.5. The van der Waals surface area contributed by atoms with Gasteiger partial charge in [-0.2, -0.15) is 0 Å². The van der Waals surface area contributed by atoms with Gasteiger partial charge in [-0.1, -0.05) is 41.1 Å². The quantitative estimate of drug-likeness (QED) is 0.329. The van der Waals surface area contributed by atoms with Crippen molar-refractivity contribution < 1.29 is 23.9 Å². The van der Waals surface area contributed by atoms with Gasteiger partial charge in [0.1, 0.15) is 0 Å². The zero-order valence-electron chi connectivity index (χ0n) is 17.2. The van der Waals surface area contributed by atoms with Gasteiger partial charge < -0.3 is 9.47 Å². The number of carbonyl (C=O) groups excluding carboxylic acids is 3. The van der Waals surface area contributed by atoms with Gasteiger partial charge in [-0.25, -0.2) is 0 Å². The molecule has 1 fully saturated rings. The fourth-order valence-electron chi connectivity index (χ4n) is 2.87. The predicted molar refractivity (Wildman–Crippen MR) is 125 cm³/mol. The SMILES string of the molecule is CCCOc1ccc(/C=C2\SC(=O)N(CC(=O)c3ccc(Br)cc3)C2=O)cc1OCC. The van der Waals surface area contributed by atoms with E-state index in [1.807, 2.05) is 13.8 Å². The van der Waals surface area contributed by atoms with Crippen LogP contribution < -0.4 is 9.47 Å². The van der Waals surface area contributed by atoms with Gasteiger partial charge in [0.2, 0.25) is 0 Å². The molecule has 1 saturated heterocycles. The lowest BCUT2D eigenvalue weighted by atomic mass is 10.1. The molecule has 0 unspecified atom stereocenters. The molecule has 2 aromatic carbocycles. The van der Waals surface area contributed by atoms with Crippen molar-refractivity contribution in [1.82, 2.24) is 4.90 Å². The number of rotatable bonds is 9. The summed E-state index contributed by atoms with van der Waals surface area (Å²) in [7, 11) is 0. The van der Waals surface area contributed by atoms with Crippen molar-refractivity contribution in [2.24, 2.45) is 0 Å². The highest BCUT2D eigenvalue weighted by atomic mass is 79.9. The number of nitrogens with zero attached hydrogens (tertiary/aromatic N) is 1. The molecule has 162 valence electrons. The average molecular weight is 504 g/mol. The fraction of sp³-hybridized carbons (Fsp3) is 0.261. The molecule has 0 aliphatic carbocycles. The van der Waals surface area contributed by atoms with Crippen LogP contribution in [0.25, 0.3) is 6.08 Å². The van der Waals surface area contributed by atoms with Gasteiger partial charge in [-0.05, 0) is 61.0 Å². The topological polar surface area (TPSA) is 72.9 Å². The summed E-state index contributed by atoms with van der Waals surface area (Å²) in [6.45, 7) is 4.65. The van der Waals surface area contributed by atoms with E-state index in [4.69, 9.17) is 9.47 Å². The van der Waals surface area contributed by atoms with E-state index in [9.17, 15) is 14.4 Å². The van der Waals surface area contributed by atoms with E-state index >= 15 is 0 Å². The molecule has 0 aromatic heterocycles. The molecule has 1 aliphatic heterocycles. The van der Waals surface area contributed by atoms with Crippen molar-refractivity contribution in [2.75, 3.05) is 19.8 Å². The number of carbonyl (C=O) groups is 3. The highest BCUT2D eigenvalue weighted by molar-refractivity contribution is 9.10. The fourth-order valence-corrected chi connectivity index (χ4v) is 3.97. The van der Waals surface area contributed by atoms with Crippen LogP contribution in [0.1, 0.15) is 36.2 Å². The van der Waals surface area contributed by atoms with E-state index in [1.165, 1.54) is 0 Å². The molecule has 0 spiro atoms. The van der Waals surface area contributed by atoms with Crippen molar-refractivity contribution >= 4 is 50.7 Å². The summed E-state index contributed by atoms with van der Waals surface area (Å²) in [6, 6.07) is 12.1. The molecule has 2 aromatic rings. The number of ether oxygens (including phenoxy) is 2. The molecule has 0 radical (unpaired) electrons. The van der Waals surface area contributed by atoms with Crippen LogP contribution in [0.3, 0.4) is 0 Å². The van der Waals surface area contributed by atoms with E-state index in [0.29, 0.717) is 35.8 Å². The monoisotopic (exact) mass is 503 g/mol. The Morgan fingerprint density at radius 2 is 1.81 bits per heavy atom. The second kappa shape index (κ2) is 10.6. The van der Waals surface area contributed by atoms with Gasteiger partial charge in [0, 0.05) is 10.0 Å². The largest absolute Gasteiger partial charge is 0.490 e. The summed E-state index contributed by atoms with van der Waals surface area (Å²) in [5, 5.41) is -0.463. The maximum atomic E-state index is 12.8. The smallest absolute Gasteiger partial charge is 0.293 e. The van der Waals surface area contributed by atoms with Crippen LogP contribution in [0, 0.1) is 0 Å². The lowest BCUT2D eigenvalue weighted by Gasteiger charge is -2.12. The standard InChI is InChI=1S/C23H22BrNO5S/c1-3-11-30-19-10-5-15(12-20(19)29-4-2)13-21-22(27)25(23(28)31-21)14-18(26)16-6-8-17(24)9-7-16/h5-10,12-13H,3-4,11,14H2,1-2H3/b21-13-. The van der Waals surface area contributed by atoms with E-state index < -0.39 is 11.1 Å². The lowest BCUT2D eigenvalue weighted by Crippen LogP contribution is -2.33. The van der Waals surface area contributed by atoms with Crippen LogP contribution in [0.5, 0.6) is 11.5 Å². The molecule has 2 amide bonds. The average Bonchev–Trinajstić information content (AvgIpc) is 3.01. The first-order chi connectivity index (χ1) is 14.9. The third kappa shape index (κ3) is 5.77. The number of halogens is 1. The van der Waals surface area contributed by atoms with Crippen molar-refractivity contribution in [3.05, 3.63) is 63.0 Å². The normalized spacial score (nSPS) is 14.9. The Morgan fingerprint density at radius 1 is 1.06 bits per heavy atom. The Hall–Kier alpha value is -2.58. The van der Waals surface area contributed by atoms with Gasteiger partial charge in [-0.3, -0.25) is 19.3 Å². The summed E-state index contributed by atoms with van der Waals surface area (Å²) in [5.74, 6) is 0.431. The third-order valence-electron chi connectivity index (χ3n) is 4.37. The van der Waals surface area contributed by atoms with Gasteiger partial charge >= 0.3 is 0 Å². The number of hydrogen-bond donors (Lipinski definition) is 0. The number of imide groups is 1. The first kappa shape index (κ1) is 23.1. The van der Waals surface area contributed by atoms with Crippen LogP contribution in [0.15, 0.2) is 51.8 Å². The summed E-state index contributed by atoms with van der Waals surface area (Å²) < 4.78 is 12.2. The number of Topliss-reactive ketones (excluding diaryl/α,β-unsaturated/α-hetero) is 1. The van der Waals surface area contributed by atoms with Crippen molar-refractivity contribution in [3.63, 3.8) is 0 Å². The number of benzene rings is 2. The Balaban J connectivity index is 1.77. The van der Waals surface area contributed by atoms with Gasteiger partial charge in [-0.15, -0.1) is 0 Å². The molecule has 3 rings (SSSR count). The predicted octanol–water partition coefficient (Wildman–Crippen LogP) is 5.56. The maximum absolute atomic E-state index is 12.8. The number of amides is 2. The molecule has 31 heavy (non-hydrogen) atoms. The molecule has 1 aliphatic rings. The summed E-state index contributed by atoms with van der Waals surface area (Å²) in [6.07, 6.45) is 2.50. The Labute approximate surface area is 193 Å². The minimum Gasteiger partial charge on any atom is -0.490 e. The number of hydrogen-bond acceptors (Lipinski definition) is 6. The van der Waals surface area contributed by atoms with Crippen LogP contribution in [-0.2, 0) is 4.79 Å². The minimum absolute atomic E-state index is 0.262. The second-order valence-electron chi connectivity index (χ2n) is 6.69. The highest BCUT2D eigenvalue weighted by Gasteiger charge is 2.36. The minimum atomic E-state index is -0.482. The molecule has 6 nitrogen and oxygen atoms in total. The molecule has 0 atom stereocenters. The molecule has 1 heterocycles. The second-order valence-corrected chi connectivity index (χ2v) is 8.59. The molecule has 0 bridgehead atoms.